The van der Waals surface area contributed by atoms with Crippen molar-refractivity contribution >= 4 is 10.2 Å². The van der Waals surface area contributed by atoms with E-state index in [0.717, 1.165) is 17.4 Å². The van der Waals surface area contributed by atoms with Crippen molar-refractivity contribution in [1.82, 2.24) is 0 Å². The SMILES string of the molecule is CCCCCCCCC(CCCCCCC)C(CCCCCCC)C([SiH3])CCCCCCC. The van der Waals surface area contributed by atoms with Crippen molar-refractivity contribution in [3.05, 3.63) is 0 Å². The Morgan fingerprint density at radius 1 is 0.364 bits per heavy atom. The van der Waals surface area contributed by atoms with E-state index in [1.807, 2.05) is 0 Å². The largest absolute Gasteiger partial charge is 0.0654 e. The van der Waals surface area contributed by atoms with Crippen LogP contribution in [-0.2, 0) is 0 Å². The van der Waals surface area contributed by atoms with Gasteiger partial charge >= 0.3 is 0 Å². The summed E-state index contributed by atoms with van der Waals surface area (Å²) in [5.41, 5.74) is 1.08. The summed E-state index contributed by atoms with van der Waals surface area (Å²) in [5.74, 6) is 2.11. The highest BCUT2D eigenvalue weighted by Gasteiger charge is 2.25. The van der Waals surface area contributed by atoms with Gasteiger partial charge in [0, 0.05) is 10.2 Å². The highest BCUT2D eigenvalue weighted by atomic mass is 28.1. The Kier molecular flexibility index (Phi) is 27.0. The van der Waals surface area contributed by atoms with E-state index in [0.29, 0.717) is 0 Å². The molecule has 0 aromatic rings. The fourth-order valence-corrected chi connectivity index (χ4v) is 7.31. The van der Waals surface area contributed by atoms with Crippen LogP contribution in [0.5, 0.6) is 0 Å². The third kappa shape index (κ3) is 21.2. The fourth-order valence-electron chi connectivity index (χ4n) is 6.02. The molecule has 0 spiro atoms. The minimum Gasteiger partial charge on any atom is -0.0654 e. The summed E-state index contributed by atoms with van der Waals surface area (Å²) in [4.78, 5) is 0. The number of rotatable bonds is 27. The van der Waals surface area contributed by atoms with Gasteiger partial charge in [0.05, 0.1) is 0 Å². The van der Waals surface area contributed by atoms with E-state index < -0.39 is 0 Å². The molecule has 0 aliphatic rings. The number of hydrogen-bond donors (Lipinski definition) is 0. The molecule has 1 heteroatoms. The molecule has 0 aliphatic heterocycles. The zero-order valence-corrected chi connectivity index (χ0v) is 26.4. The highest BCUT2D eigenvalue weighted by molar-refractivity contribution is 6.11. The first kappa shape index (κ1) is 33.2. The van der Waals surface area contributed by atoms with Crippen LogP contribution in [-0.4, -0.2) is 10.2 Å². The van der Waals surface area contributed by atoms with Gasteiger partial charge in [-0.05, 0) is 11.8 Å². The van der Waals surface area contributed by atoms with Crippen molar-refractivity contribution in [3.63, 3.8) is 0 Å². The van der Waals surface area contributed by atoms with Crippen molar-refractivity contribution in [2.24, 2.45) is 11.8 Å². The van der Waals surface area contributed by atoms with Gasteiger partial charge in [-0.3, -0.25) is 0 Å². The van der Waals surface area contributed by atoms with E-state index in [4.69, 9.17) is 0 Å². The molecule has 0 saturated carbocycles. The Bertz CT molecular complexity index is 352. The second-order valence-electron chi connectivity index (χ2n) is 11.6. The summed E-state index contributed by atoms with van der Waals surface area (Å²) in [6, 6.07) is 0. The second-order valence-corrected chi connectivity index (χ2v) is 13.0. The molecule has 0 amide bonds. The molecule has 0 fully saturated rings. The van der Waals surface area contributed by atoms with Crippen molar-refractivity contribution in [3.8, 4) is 0 Å². The van der Waals surface area contributed by atoms with Gasteiger partial charge in [0.25, 0.3) is 0 Å². The molecular weight excluding hydrogens is 412 g/mol. The van der Waals surface area contributed by atoms with Crippen LogP contribution >= 0.6 is 0 Å². The highest BCUT2D eigenvalue weighted by Crippen LogP contribution is 2.38. The number of hydrogen-bond acceptors (Lipinski definition) is 0. The standard InChI is InChI=1S/C32H68Si/c1-5-9-13-17-21-23-27-30(26-22-18-14-10-6-2)31(28-24-19-15-11-7-3)32(33)29-25-20-16-12-8-4/h30-32H,5-29H2,1-4,33H3. The average Bonchev–Trinajstić information content (AvgIpc) is 2.82. The first-order chi connectivity index (χ1) is 16.2. The van der Waals surface area contributed by atoms with Gasteiger partial charge in [0.15, 0.2) is 0 Å². The summed E-state index contributed by atoms with van der Waals surface area (Å²) in [6.07, 6.45) is 36.9. The third-order valence-corrected chi connectivity index (χ3v) is 9.78. The Hall–Kier alpha value is 0.217. The summed E-state index contributed by atoms with van der Waals surface area (Å²) in [6.45, 7) is 9.39. The van der Waals surface area contributed by atoms with E-state index >= 15 is 0 Å². The molecule has 33 heavy (non-hydrogen) atoms. The van der Waals surface area contributed by atoms with E-state index in [-0.39, 0.29) is 0 Å². The minimum atomic E-state index is 1.04. The molecule has 0 aromatic heterocycles. The summed E-state index contributed by atoms with van der Waals surface area (Å²) in [7, 11) is 1.43. The molecule has 0 aliphatic carbocycles. The normalized spacial score (nSPS) is 14.5. The molecule has 0 bridgehead atoms. The Morgan fingerprint density at radius 3 is 1.06 bits per heavy atom. The lowest BCUT2D eigenvalue weighted by atomic mass is 9.77. The fraction of sp³-hybridized carbons (Fsp3) is 1.00. The van der Waals surface area contributed by atoms with E-state index in [9.17, 15) is 0 Å². The van der Waals surface area contributed by atoms with Gasteiger partial charge in [-0.25, -0.2) is 0 Å². The van der Waals surface area contributed by atoms with Crippen LogP contribution in [0.1, 0.15) is 188 Å². The van der Waals surface area contributed by atoms with Gasteiger partial charge in [0.2, 0.25) is 0 Å². The van der Waals surface area contributed by atoms with Crippen LogP contribution in [0.4, 0.5) is 0 Å². The van der Waals surface area contributed by atoms with E-state index in [1.54, 1.807) is 25.7 Å². The molecule has 0 aromatic carbocycles. The second kappa shape index (κ2) is 26.8. The maximum absolute atomic E-state index is 2.35. The van der Waals surface area contributed by atoms with Crippen LogP contribution in [0.2, 0.25) is 5.54 Å². The molecule has 3 unspecified atom stereocenters. The average molecular weight is 481 g/mol. The molecule has 3 atom stereocenters. The molecule has 0 nitrogen and oxygen atoms in total. The summed E-state index contributed by atoms with van der Waals surface area (Å²) >= 11 is 0. The lowest BCUT2D eigenvalue weighted by molar-refractivity contribution is 0.237. The van der Waals surface area contributed by atoms with E-state index in [1.165, 1.54) is 145 Å². The maximum atomic E-state index is 2.35. The topological polar surface area (TPSA) is 0 Å². The minimum absolute atomic E-state index is 1.04. The van der Waals surface area contributed by atoms with Gasteiger partial charge in [-0.2, -0.15) is 0 Å². The van der Waals surface area contributed by atoms with Crippen LogP contribution < -0.4 is 0 Å². The molecule has 0 saturated heterocycles. The van der Waals surface area contributed by atoms with Gasteiger partial charge < -0.3 is 0 Å². The van der Waals surface area contributed by atoms with E-state index in [2.05, 4.69) is 27.7 Å². The molecule has 200 valence electrons. The van der Waals surface area contributed by atoms with Crippen molar-refractivity contribution < 1.29 is 0 Å². The zero-order chi connectivity index (χ0) is 24.4. The Balaban J connectivity index is 4.84. The van der Waals surface area contributed by atoms with Gasteiger partial charge in [0.1, 0.15) is 0 Å². The van der Waals surface area contributed by atoms with Gasteiger partial charge in [-0.15, -0.1) is 0 Å². The predicted molar refractivity (Wildman–Crippen MR) is 159 cm³/mol. The Labute approximate surface area is 215 Å². The number of unbranched alkanes of at least 4 members (excludes halogenated alkanes) is 17. The zero-order valence-electron chi connectivity index (χ0n) is 24.4. The van der Waals surface area contributed by atoms with Crippen LogP contribution in [0.3, 0.4) is 0 Å². The van der Waals surface area contributed by atoms with Crippen LogP contribution in [0.25, 0.3) is 0 Å². The smallest absolute Gasteiger partial charge is 0.00709 e. The summed E-state index contributed by atoms with van der Waals surface area (Å²) in [5, 5.41) is 0. The predicted octanol–water partition coefficient (Wildman–Crippen LogP) is 11.2. The maximum Gasteiger partial charge on any atom is 0.00709 e. The molecule has 0 radical (unpaired) electrons. The lowest BCUT2D eigenvalue weighted by Crippen LogP contribution is -2.21. The van der Waals surface area contributed by atoms with Crippen molar-refractivity contribution in [2.45, 2.75) is 194 Å². The monoisotopic (exact) mass is 481 g/mol. The van der Waals surface area contributed by atoms with Crippen molar-refractivity contribution in [1.29, 1.82) is 0 Å². The van der Waals surface area contributed by atoms with Crippen LogP contribution in [0.15, 0.2) is 0 Å². The molecule has 0 heterocycles. The third-order valence-electron chi connectivity index (χ3n) is 8.35. The Morgan fingerprint density at radius 2 is 0.667 bits per heavy atom. The summed E-state index contributed by atoms with van der Waals surface area (Å²) < 4.78 is 0. The van der Waals surface area contributed by atoms with Gasteiger partial charge in [-0.1, -0.05) is 194 Å². The quantitative estimate of drug-likeness (QED) is 0.0809. The molecular formula is C32H68Si. The van der Waals surface area contributed by atoms with Crippen LogP contribution in [0, 0.1) is 11.8 Å². The molecule has 0 N–H and O–H groups in total. The lowest BCUT2D eigenvalue weighted by Gasteiger charge is -2.33. The molecule has 0 rings (SSSR count). The first-order valence-corrected chi connectivity index (χ1v) is 17.4. The van der Waals surface area contributed by atoms with Crippen molar-refractivity contribution in [2.75, 3.05) is 0 Å². The first-order valence-electron chi connectivity index (χ1n) is 16.2.